The number of pyridine rings is 1. The van der Waals surface area contributed by atoms with Crippen molar-refractivity contribution in [2.75, 3.05) is 18.8 Å². The number of benzene rings is 1. The van der Waals surface area contributed by atoms with Crippen LogP contribution < -0.4 is 15.8 Å². The predicted octanol–water partition coefficient (Wildman–Crippen LogP) is 4.55. The number of hydrogen-bond donors (Lipinski definition) is 2. The number of aromatic nitrogens is 1. The van der Waals surface area contributed by atoms with Gasteiger partial charge >= 0.3 is 6.09 Å². The van der Waals surface area contributed by atoms with Crippen LogP contribution >= 0.6 is 11.3 Å². The number of thiophene rings is 1. The Labute approximate surface area is 194 Å². The van der Waals surface area contributed by atoms with E-state index in [9.17, 15) is 14.0 Å². The highest BCUT2D eigenvalue weighted by atomic mass is 32.1. The first-order chi connectivity index (χ1) is 15.6. The normalized spacial score (nSPS) is 16.1. The molecule has 174 valence electrons. The fraction of sp³-hybridized carbons (Fsp3) is 0.348. The van der Waals surface area contributed by atoms with E-state index in [2.05, 4.69) is 10.3 Å². The predicted molar refractivity (Wildman–Crippen MR) is 124 cm³/mol. The summed E-state index contributed by atoms with van der Waals surface area (Å²) < 4.78 is 25.9. The molecule has 1 aliphatic heterocycles. The molecule has 3 heterocycles. The summed E-state index contributed by atoms with van der Waals surface area (Å²) in [6.07, 6.45) is 1.79. The highest BCUT2D eigenvalue weighted by molar-refractivity contribution is 7.21. The summed E-state index contributed by atoms with van der Waals surface area (Å²) in [6.45, 7) is 6.34. The second kappa shape index (κ2) is 8.86. The van der Waals surface area contributed by atoms with Crippen LogP contribution in [0.2, 0.25) is 0 Å². The Balaban J connectivity index is 1.45. The van der Waals surface area contributed by atoms with E-state index < -0.39 is 11.4 Å². The zero-order chi connectivity index (χ0) is 23.8. The Kier molecular flexibility index (Phi) is 6.11. The minimum absolute atomic E-state index is 0.0318. The van der Waals surface area contributed by atoms with Crippen molar-refractivity contribution in [3.8, 4) is 11.5 Å². The number of fused-ring (bicyclic) bond motifs is 1. The van der Waals surface area contributed by atoms with Gasteiger partial charge in [0, 0.05) is 43.1 Å². The van der Waals surface area contributed by atoms with Crippen molar-refractivity contribution in [1.29, 1.82) is 0 Å². The molecule has 3 N–H and O–H groups in total. The van der Waals surface area contributed by atoms with Crippen molar-refractivity contribution < 1.29 is 23.5 Å². The smallest absolute Gasteiger partial charge is 0.410 e. The van der Waals surface area contributed by atoms with Crippen LogP contribution in [-0.2, 0) is 4.74 Å². The molecular weight excluding hydrogens is 447 g/mol. The van der Waals surface area contributed by atoms with Gasteiger partial charge in [-0.3, -0.25) is 9.78 Å². The molecule has 3 aromatic rings. The number of nitrogens with two attached hydrogens (primary N) is 1. The highest BCUT2D eigenvalue weighted by Crippen LogP contribution is 2.36. The molecule has 0 spiro atoms. The number of ether oxygens (including phenoxy) is 2. The molecule has 4 rings (SSSR count). The van der Waals surface area contributed by atoms with Crippen LogP contribution in [-0.4, -0.2) is 46.6 Å². The zero-order valence-electron chi connectivity index (χ0n) is 18.6. The van der Waals surface area contributed by atoms with Gasteiger partial charge in [0.1, 0.15) is 11.4 Å². The van der Waals surface area contributed by atoms with Gasteiger partial charge < -0.3 is 25.4 Å². The van der Waals surface area contributed by atoms with E-state index >= 15 is 0 Å². The van der Waals surface area contributed by atoms with Crippen molar-refractivity contribution in [3.05, 3.63) is 47.2 Å². The number of carbonyl (C=O) groups is 2. The number of amides is 2. The topological polar surface area (TPSA) is 107 Å². The standard InChI is InChI=1S/C23H25FN4O4S/c1-23(2,3)32-22(30)28-9-7-14(12-28)27-21(29)19-11-16-20(33-19)18(6-8-26-16)31-17-5-4-13(25)10-15(17)24/h4-6,8,10-11,14H,7,9,12,25H2,1-3H3,(H,27,29). The minimum atomic E-state index is -0.578. The van der Waals surface area contributed by atoms with Crippen LogP contribution in [0.1, 0.15) is 36.9 Å². The average molecular weight is 473 g/mol. The lowest BCUT2D eigenvalue weighted by Gasteiger charge is -2.24. The molecule has 1 fully saturated rings. The van der Waals surface area contributed by atoms with Crippen LogP contribution in [0.5, 0.6) is 11.5 Å². The highest BCUT2D eigenvalue weighted by Gasteiger charge is 2.31. The molecule has 0 saturated carbocycles. The molecule has 1 saturated heterocycles. The number of nitrogen functional groups attached to an aromatic ring is 1. The number of carbonyl (C=O) groups excluding carboxylic acids is 2. The largest absolute Gasteiger partial charge is 0.453 e. The van der Waals surface area contributed by atoms with E-state index in [1.54, 1.807) is 23.1 Å². The third-order valence-corrected chi connectivity index (χ3v) is 6.09. The molecule has 0 bridgehead atoms. The average Bonchev–Trinajstić information content (AvgIpc) is 3.36. The van der Waals surface area contributed by atoms with Gasteiger partial charge in [-0.2, -0.15) is 0 Å². The lowest BCUT2D eigenvalue weighted by atomic mass is 10.2. The number of likely N-dealkylation sites (tertiary alicyclic amines) is 1. The molecule has 2 amide bonds. The second-order valence-corrected chi connectivity index (χ2v) is 9.86. The van der Waals surface area contributed by atoms with E-state index in [1.165, 1.54) is 29.7 Å². The fourth-order valence-electron chi connectivity index (χ4n) is 3.45. The third-order valence-electron chi connectivity index (χ3n) is 4.95. The van der Waals surface area contributed by atoms with Crippen molar-refractivity contribution in [2.45, 2.75) is 38.8 Å². The lowest BCUT2D eigenvalue weighted by Crippen LogP contribution is -2.40. The first-order valence-corrected chi connectivity index (χ1v) is 11.3. The zero-order valence-corrected chi connectivity index (χ0v) is 19.4. The number of anilines is 1. The molecule has 1 unspecified atom stereocenters. The van der Waals surface area contributed by atoms with Crippen LogP contribution in [0.3, 0.4) is 0 Å². The number of hydrogen-bond acceptors (Lipinski definition) is 7. The molecule has 33 heavy (non-hydrogen) atoms. The van der Waals surface area contributed by atoms with Gasteiger partial charge in [0.25, 0.3) is 5.91 Å². The van der Waals surface area contributed by atoms with E-state index in [4.69, 9.17) is 15.2 Å². The van der Waals surface area contributed by atoms with E-state index in [0.29, 0.717) is 46.0 Å². The summed E-state index contributed by atoms with van der Waals surface area (Å²) in [6, 6.07) is 7.29. The number of nitrogens with zero attached hydrogens (tertiary/aromatic N) is 2. The molecule has 0 aliphatic carbocycles. The summed E-state index contributed by atoms with van der Waals surface area (Å²) in [5.74, 6) is -0.419. The Morgan fingerprint density at radius 3 is 2.76 bits per heavy atom. The van der Waals surface area contributed by atoms with E-state index in [1.807, 2.05) is 20.8 Å². The van der Waals surface area contributed by atoms with Crippen LogP contribution in [0.25, 0.3) is 10.2 Å². The number of halogens is 1. The van der Waals surface area contributed by atoms with Crippen LogP contribution in [0.4, 0.5) is 14.9 Å². The molecule has 1 aromatic carbocycles. The summed E-state index contributed by atoms with van der Waals surface area (Å²) in [4.78, 5) is 31.4. The first-order valence-electron chi connectivity index (χ1n) is 10.5. The molecule has 1 atom stereocenters. The lowest BCUT2D eigenvalue weighted by molar-refractivity contribution is 0.0290. The van der Waals surface area contributed by atoms with Gasteiger partial charge in [0.05, 0.1) is 15.1 Å². The quantitative estimate of drug-likeness (QED) is 0.540. The SMILES string of the molecule is CC(C)(C)OC(=O)N1CCC(NC(=O)c2cc3nccc(Oc4ccc(N)cc4F)c3s2)C1. The first kappa shape index (κ1) is 22.8. The van der Waals surface area contributed by atoms with Gasteiger partial charge in [-0.05, 0) is 45.4 Å². The fourth-order valence-corrected chi connectivity index (χ4v) is 4.42. The van der Waals surface area contributed by atoms with Crippen molar-refractivity contribution in [2.24, 2.45) is 0 Å². The van der Waals surface area contributed by atoms with Crippen LogP contribution in [0.15, 0.2) is 36.5 Å². The van der Waals surface area contributed by atoms with Crippen molar-refractivity contribution in [3.63, 3.8) is 0 Å². The van der Waals surface area contributed by atoms with Gasteiger partial charge in [0.2, 0.25) is 0 Å². The molecule has 2 aromatic heterocycles. The Morgan fingerprint density at radius 1 is 1.24 bits per heavy atom. The maximum Gasteiger partial charge on any atom is 0.410 e. The van der Waals surface area contributed by atoms with Gasteiger partial charge in [-0.1, -0.05) is 0 Å². The second-order valence-electron chi connectivity index (χ2n) is 8.81. The van der Waals surface area contributed by atoms with E-state index in [-0.39, 0.29) is 23.8 Å². The summed E-state index contributed by atoms with van der Waals surface area (Å²) in [5, 5.41) is 2.97. The van der Waals surface area contributed by atoms with E-state index in [0.717, 1.165) is 0 Å². The molecule has 8 nitrogen and oxygen atoms in total. The van der Waals surface area contributed by atoms with Gasteiger partial charge in [-0.15, -0.1) is 11.3 Å². The number of nitrogens with one attached hydrogen (secondary N) is 1. The molecular formula is C23H25FN4O4S. The van der Waals surface area contributed by atoms with Gasteiger partial charge in [-0.25, -0.2) is 9.18 Å². The minimum Gasteiger partial charge on any atom is -0.453 e. The monoisotopic (exact) mass is 472 g/mol. The van der Waals surface area contributed by atoms with Crippen molar-refractivity contribution in [1.82, 2.24) is 15.2 Å². The Morgan fingerprint density at radius 2 is 2.03 bits per heavy atom. The number of rotatable bonds is 4. The van der Waals surface area contributed by atoms with Crippen LogP contribution in [0, 0.1) is 5.82 Å². The molecule has 0 radical (unpaired) electrons. The molecule has 10 heteroatoms. The third kappa shape index (κ3) is 5.33. The molecule has 1 aliphatic rings. The Hall–Kier alpha value is -3.40. The summed E-state index contributed by atoms with van der Waals surface area (Å²) in [5.41, 5.74) is 5.89. The summed E-state index contributed by atoms with van der Waals surface area (Å²) in [7, 11) is 0. The van der Waals surface area contributed by atoms with Gasteiger partial charge in [0.15, 0.2) is 11.6 Å². The maximum atomic E-state index is 14.2. The van der Waals surface area contributed by atoms with Crippen molar-refractivity contribution >= 4 is 39.2 Å². The summed E-state index contributed by atoms with van der Waals surface area (Å²) >= 11 is 1.21. The Bertz CT molecular complexity index is 1210. The maximum absolute atomic E-state index is 14.2.